The molecule has 0 unspecified atom stereocenters. The van der Waals surface area contributed by atoms with Gasteiger partial charge in [-0.1, -0.05) is 20.8 Å². The number of rotatable bonds is 5. The molecule has 1 fully saturated rings. The van der Waals surface area contributed by atoms with E-state index >= 15 is 0 Å². The number of benzene rings is 1. The minimum Gasteiger partial charge on any atom is -0.454 e. The maximum absolute atomic E-state index is 12.9. The molecule has 8 nitrogen and oxygen atoms in total. The summed E-state index contributed by atoms with van der Waals surface area (Å²) in [7, 11) is 0. The van der Waals surface area contributed by atoms with Gasteiger partial charge in [-0.3, -0.25) is 9.36 Å². The number of nitrogens with zero attached hydrogens (tertiary/aromatic N) is 5. The maximum atomic E-state index is 12.9. The first-order chi connectivity index (χ1) is 13.6. The van der Waals surface area contributed by atoms with Gasteiger partial charge < -0.3 is 19.3 Å². The van der Waals surface area contributed by atoms with E-state index in [1.807, 2.05) is 4.90 Å². The lowest BCUT2D eigenvalue weighted by Crippen LogP contribution is -2.49. The van der Waals surface area contributed by atoms with Crippen molar-refractivity contribution >= 4 is 11.9 Å². The van der Waals surface area contributed by atoms with Crippen LogP contribution < -0.4 is 14.4 Å². The van der Waals surface area contributed by atoms with Crippen molar-refractivity contribution in [1.29, 1.82) is 0 Å². The molecule has 8 heteroatoms. The first-order valence-corrected chi connectivity index (χ1v) is 9.92. The molecule has 3 heterocycles. The molecule has 2 aliphatic rings. The fourth-order valence-corrected chi connectivity index (χ4v) is 3.70. The Morgan fingerprint density at radius 1 is 1.11 bits per heavy atom. The molecule has 1 amide bonds. The van der Waals surface area contributed by atoms with Crippen LogP contribution in [0.3, 0.4) is 0 Å². The van der Waals surface area contributed by atoms with Gasteiger partial charge in [-0.05, 0) is 24.1 Å². The van der Waals surface area contributed by atoms with Gasteiger partial charge in [-0.2, -0.15) is 0 Å². The minimum absolute atomic E-state index is 0.0239. The molecule has 1 saturated heterocycles. The number of carbonyl (C=O) groups excluding carboxylic acids is 1. The van der Waals surface area contributed by atoms with E-state index in [2.05, 4.69) is 40.4 Å². The van der Waals surface area contributed by atoms with E-state index in [1.165, 1.54) is 0 Å². The van der Waals surface area contributed by atoms with Crippen LogP contribution in [0.2, 0.25) is 0 Å². The van der Waals surface area contributed by atoms with Crippen molar-refractivity contribution in [3.63, 3.8) is 0 Å². The fourth-order valence-electron chi connectivity index (χ4n) is 3.70. The number of carbonyl (C=O) groups is 1. The van der Waals surface area contributed by atoms with Crippen molar-refractivity contribution in [2.24, 2.45) is 5.92 Å². The Morgan fingerprint density at radius 3 is 2.57 bits per heavy atom. The van der Waals surface area contributed by atoms with Gasteiger partial charge in [0.2, 0.25) is 12.7 Å². The molecule has 2 aliphatic heterocycles. The van der Waals surface area contributed by atoms with Crippen LogP contribution in [-0.4, -0.2) is 58.5 Å². The molecular weight excluding hydrogens is 358 g/mol. The van der Waals surface area contributed by atoms with Crippen LogP contribution in [0.4, 0.5) is 5.95 Å². The number of amides is 1. The van der Waals surface area contributed by atoms with Gasteiger partial charge in [0.1, 0.15) is 5.82 Å². The van der Waals surface area contributed by atoms with Crippen molar-refractivity contribution < 1.29 is 14.3 Å². The summed E-state index contributed by atoms with van der Waals surface area (Å²) in [6.07, 6.45) is 0.863. The summed E-state index contributed by atoms with van der Waals surface area (Å²) >= 11 is 0. The van der Waals surface area contributed by atoms with E-state index in [-0.39, 0.29) is 12.7 Å². The van der Waals surface area contributed by atoms with Crippen LogP contribution in [0.5, 0.6) is 11.5 Å². The first-order valence-electron chi connectivity index (χ1n) is 9.92. The standard InChI is InChI=1S/C20H27N5O3/c1-4-18-21-22-20(25(18)12-14(2)3)24-9-7-23(8-10-24)19(26)15-5-6-16-17(11-15)28-13-27-16/h5-6,11,14H,4,7-10,12-13H2,1-3H3. The first kappa shape index (κ1) is 18.6. The molecule has 0 radical (unpaired) electrons. The Balaban J connectivity index is 1.43. The van der Waals surface area contributed by atoms with E-state index in [0.717, 1.165) is 37.8 Å². The van der Waals surface area contributed by atoms with Crippen LogP contribution in [0.15, 0.2) is 18.2 Å². The number of anilines is 1. The molecule has 2 aromatic rings. The predicted molar refractivity (Wildman–Crippen MR) is 105 cm³/mol. The number of fused-ring (bicyclic) bond motifs is 1. The maximum Gasteiger partial charge on any atom is 0.254 e. The number of ether oxygens (including phenoxy) is 2. The van der Waals surface area contributed by atoms with Crippen molar-refractivity contribution in [2.45, 2.75) is 33.7 Å². The molecular formula is C20H27N5O3. The van der Waals surface area contributed by atoms with Gasteiger partial charge in [0.25, 0.3) is 5.91 Å². The summed E-state index contributed by atoms with van der Waals surface area (Å²) in [5.41, 5.74) is 0.633. The zero-order valence-corrected chi connectivity index (χ0v) is 16.7. The Morgan fingerprint density at radius 2 is 1.86 bits per heavy atom. The summed E-state index contributed by atoms with van der Waals surface area (Å²) < 4.78 is 12.9. The molecule has 150 valence electrons. The topological polar surface area (TPSA) is 72.7 Å². The van der Waals surface area contributed by atoms with Gasteiger partial charge in [-0.25, -0.2) is 0 Å². The molecule has 28 heavy (non-hydrogen) atoms. The van der Waals surface area contributed by atoms with Crippen LogP contribution in [0, 0.1) is 5.92 Å². The minimum atomic E-state index is 0.0239. The SMILES string of the molecule is CCc1nnc(N2CCN(C(=O)c3ccc4c(c3)OCO4)CC2)n1CC(C)C. The molecule has 0 aliphatic carbocycles. The third-order valence-electron chi connectivity index (χ3n) is 5.14. The molecule has 0 bridgehead atoms. The Kier molecular flexibility index (Phi) is 5.11. The Hall–Kier alpha value is -2.77. The third-order valence-corrected chi connectivity index (χ3v) is 5.14. The van der Waals surface area contributed by atoms with E-state index < -0.39 is 0 Å². The second-order valence-electron chi connectivity index (χ2n) is 7.62. The van der Waals surface area contributed by atoms with Crippen LogP contribution >= 0.6 is 0 Å². The summed E-state index contributed by atoms with van der Waals surface area (Å²) in [4.78, 5) is 17.0. The quantitative estimate of drug-likeness (QED) is 0.786. The van der Waals surface area contributed by atoms with Crippen molar-refractivity contribution in [3.8, 4) is 11.5 Å². The Labute approximate surface area is 165 Å². The molecule has 1 aromatic carbocycles. The average molecular weight is 385 g/mol. The number of hydrogen-bond acceptors (Lipinski definition) is 6. The predicted octanol–water partition coefficient (Wildman–Crippen LogP) is 2.19. The van der Waals surface area contributed by atoms with E-state index in [4.69, 9.17) is 9.47 Å². The molecule has 0 spiro atoms. The Bertz CT molecular complexity index is 856. The van der Waals surface area contributed by atoms with Gasteiger partial charge in [0.15, 0.2) is 11.5 Å². The lowest BCUT2D eigenvalue weighted by Gasteiger charge is -2.35. The van der Waals surface area contributed by atoms with Gasteiger partial charge in [0, 0.05) is 44.7 Å². The highest BCUT2D eigenvalue weighted by atomic mass is 16.7. The van der Waals surface area contributed by atoms with Crippen LogP contribution in [0.1, 0.15) is 37.0 Å². The highest BCUT2D eigenvalue weighted by Gasteiger charge is 2.27. The number of aromatic nitrogens is 3. The third kappa shape index (κ3) is 3.50. The monoisotopic (exact) mass is 385 g/mol. The molecule has 0 saturated carbocycles. The molecule has 0 N–H and O–H groups in total. The summed E-state index contributed by atoms with van der Waals surface area (Å²) in [5, 5.41) is 8.80. The second-order valence-corrected chi connectivity index (χ2v) is 7.62. The molecule has 0 atom stereocenters. The van der Waals surface area contributed by atoms with Gasteiger partial charge >= 0.3 is 0 Å². The lowest BCUT2D eigenvalue weighted by molar-refractivity contribution is 0.0745. The zero-order chi connectivity index (χ0) is 19.7. The highest BCUT2D eigenvalue weighted by molar-refractivity contribution is 5.95. The second kappa shape index (κ2) is 7.69. The van der Waals surface area contributed by atoms with Crippen molar-refractivity contribution in [2.75, 3.05) is 37.9 Å². The van der Waals surface area contributed by atoms with Gasteiger partial charge in [0.05, 0.1) is 0 Å². The lowest BCUT2D eigenvalue weighted by atomic mass is 10.1. The van der Waals surface area contributed by atoms with Crippen molar-refractivity contribution in [1.82, 2.24) is 19.7 Å². The van der Waals surface area contributed by atoms with E-state index in [9.17, 15) is 4.79 Å². The fraction of sp³-hybridized carbons (Fsp3) is 0.550. The highest BCUT2D eigenvalue weighted by Crippen LogP contribution is 2.33. The largest absolute Gasteiger partial charge is 0.454 e. The summed E-state index contributed by atoms with van der Waals surface area (Å²) in [5.74, 6) is 3.81. The average Bonchev–Trinajstić information content (AvgIpc) is 3.33. The zero-order valence-electron chi connectivity index (χ0n) is 16.7. The smallest absolute Gasteiger partial charge is 0.254 e. The van der Waals surface area contributed by atoms with Crippen molar-refractivity contribution in [3.05, 3.63) is 29.6 Å². The normalized spacial score (nSPS) is 16.1. The number of aryl methyl sites for hydroxylation is 1. The number of piperazine rings is 1. The molecule has 1 aromatic heterocycles. The summed E-state index contributed by atoms with van der Waals surface area (Å²) in [6.45, 7) is 10.4. The van der Waals surface area contributed by atoms with E-state index in [1.54, 1.807) is 18.2 Å². The summed E-state index contributed by atoms with van der Waals surface area (Å²) in [6, 6.07) is 5.37. The van der Waals surface area contributed by atoms with Crippen LogP contribution in [-0.2, 0) is 13.0 Å². The molecule has 4 rings (SSSR count). The number of hydrogen-bond donors (Lipinski definition) is 0. The van der Waals surface area contributed by atoms with Gasteiger partial charge in [-0.15, -0.1) is 10.2 Å². The van der Waals surface area contributed by atoms with Crippen LogP contribution in [0.25, 0.3) is 0 Å². The van der Waals surface area contributed by atoms with E-state index in [0.29, 0.717) is 36.1 Å².